The third-order valence-electron chi connectivity index (χ3n) is 4.80. The molecule has 0 saturated carbocycles. The van der Waals surface area contributed by atoms with Crippen LogP contribution in [0.5, 0.6) is 5.75 Å². The lowest BCUT2D eigenvalue weighted by Crippen LogP contribution is -2.25. The smallest absolute Gasteiger partial charge is 0.258 e. The molecule has 3 nitrogen and oxygen atoms in total. The van der Waals surface area contributed by atoms with E-state index in [4.69, 9.17) is 4.74 Å². The number of amides is 1. The van der Waals surface area contributed by atoms with Gasteiger partial charge in [-0.1, -0.05) is 64.5 Å². The van der Waals surface area contributed by atoms with E-state index in [2.05, 4.69) is 15.9 Å². The van der Waals surface area contributed by atoms with E-state index < -0.39 is 0 Å². The minimum absolute atomic E-state index is 0.0337. The number of carbonyl (C=O) groups is 1. The second-order valence-corrected chi connectivity index (χ2v) is 7.49. The fourth-order valence-electron chi connectivity index (χ4n) is 3.39. The van der Waals surface area contributed by atoms with Crippen molar-refractivity contribution in [2.75, 3.05) is 11.4 Å². The van der Waals surface area contributed by atoms with Gasteiger partial charge in [-0.25, -0.2) is 0 Å². The third-order valence-corrected chi connectivity index (χ3v) is 5.33. The molecule has 1 aliphatic heterocycles. The van der Waals surface area contributed by atoms with E-state index in [0.717, 1.165) is 32.6 Å². The van der Waals surface area contributed by atoms with Crippen LogP contribution < -0.4 is 9.64 Å². The molecule has 3 aromatic carbocycles. The molecule has 0 unspecified atom stereocenters. The summed E-state index contributed by atoms with van der Waals surface area (Å²) < 4.78 is 7.11. The highest BCUT2D eigenvalue weighted by Gasteiger charge is 2.30. The Morgan fingerprint density at radius 1 is 0.964 bits per heavy atom. The van der Waals surface area contributed by atoms with Crippen LogP contribution in [0.3, 0.4) is 0 Å². The van der Waals surface area contributed by atoms with Crippen LogP contribution in [0.1, 0.15) is 23.6 Å². The summed E-state index contributed by atoms with van der Waals surface area (Å²) in [6.45, 7) is 3.11. The van der Waals surface area contributed by atoms with Crippen LogP contribution in [-0.2, 0) is 11.4 Å². The lowest BCUT2D eigenvalue weighted by Gasteiger charge is -2.13. The average Bonchev–Trinajstić information content (AvgIpc) is 2.99. The molecule has 0 fully saturated rings. The van der Waals surface area contributed by atoms with Crippen molar-refractivity contribution in [3.63, 3.8) is 0 Å². The van der Waals surface area contributed by atoms with Crippen LogP contribution in [0, 0.1) is 0 Å². The first kappa shape index (κ1) is 18.5. The molecule has 0 aliphatic carbocycles. The molecule has 1 aliphatic rings. The van der Waals surface area contributed by atoms with Crippen LogP contribution in [-0.4, -0.2) is 12.5 Å². The SMILES string of the molecule is CCN1C(=O)/C(=C\c2ccccc2OCc2ccc(Br)cc2)c2ccccc21. The van der Waals surface area contributed by atoms with Crippen molar-refractivity contribution in [1.29, 1.82) is 0 Å². The van der Waals surface area contributed by atoms with Crippen molar-refractivity contribution in [3.8, 4) is 5.75 Å². The lowest BCUT2D eigenvalue weighted by molar-refractivity contribution is -0.112. The van der Waals surface area contributed by atoms with Crippen LogP contribution in [0.15, 0.2) is 77.3 Å². The Morgan fingerprint density at radius 3 is 2.46 bits per heavy atom. The molecule has 1 heterocycles. The molecule has 0 atom stereocenters. The molecule has 28 heavy (non-hydrogen) atoms. The first-order chi connectivity index (χ1) is 13.7. The largest absolute Gasteiger partial charge is 0.488 e. The molecular weight excluding hydrogens is 414 g/mol. The summed E-state index contributed by atoms with van der Waals surface area (Å²) in [5.41, 5.74) is 4.63. The molecule has 1 amide bonds. The van der Waals surface area contributed by atoms with Gasteiger partial charge in [-0.2, -0.15) is 0 Å². The van der Waals surface area contributed by atoms with Gasteiger partial charge < -0.3 is 9.64 Å². The zero-order chi connectivity index (χ0) is 19.5. The maximum atomic E-state index is 12.9. The number of halogens is 1. The molecule has 0 aromatic heterocycles. The number of hydrogen-bond acceptors (Lipinski definition) is 2. The van der Waals surface area contributed by atoms with Crippen LogP contribution >= 0.6 is 15.9 Å². The number of carbonyl (C=O) groups excluding carboxylic acids is 1. The molecule has 0 saturated heterocycles. The molecule has 140 valence electrons. The zero-order valence-electron chi connectivity index (χ0n) is 15.6. The van der Waals surface area contributed by atoms with Crippen molar-refractivity contribution in [3.05, 3.63) is 94.0 Å². The minimum atomic E-state index is 0.0337. The van der Waals surface area contributed by atoms with E-state index in [9.17, 15) is 4.79 Å². The highest BCUT2D eigenvalue weighted by Crippen LogP contribution is 2.38. The van der Waals surface area contributed by atoms with Gasteiger partial charge in [0.25, 0.3) is 5.91 Å². The molecule has 4 heteroatoms. The summed E-state index contributed by atoms with van der Waals surface area (Å²) in [4.78, 5) is 14.7. The van der Waals surface area contributed by atoms with Gasteiger partial charge in [0.05, 0.1) is 5.69 Å². The van der Waals surface area contributed by atoms with Crippen molar-refractivity contribution in [1.82, 2.24) is 0 Å². The highest BCUT2D eigenvalue weighted by atomic mass is 79.9. The summed E-state index contributed by atoms with van der Waals surface area (Å²) in [5, 5.41) is 0. The Bertz CT molecular complexity index is 1040. The third kappa shape index (κ3) is 3.60. The Morgan fingerprint density at radius 2 is 1.68 bits per heavy atom. The van der Waals surface area contributed by atoms with Gasteiger partial charge in [0.1, 0.15) is 12.4 Å². The van der Waals surface area contributed by atoms with Crippen LogP contribution in [0.4, 0.5) is 5.69 Å². The lowest BCUT2D eigenvalue weighted by atomic mass is 10.0. The number of hydrogen-bond donors (Lipinski definition) is 0. The summed E-state index contributed by atoms with van der Waals surface area (Å²) >= 11 is 3.45. The average molecular weight is 434 g/mol. The molecule has 0 radical (unpaired) electrons. The van der Waals surface area contributed by atoms with E-state index >= 15 is 0 Å². The second-order valence-electron chi connectivity index (χ2n) is 6.58. The maximum absolute atomic E-state index is 12.9. The van der Waals surface area contributed by atoms with Crippen molar-refractivity contribution < 1.29 is 9.53 Å². The van der Waals surface area contributed by atoms with E-state index in [1.54, 1.807) is 0 Å². The number of para-hydroxylation sites is 2. The standard InChI is InChI=1S/C24H20BrNO2/c1-2-26-22-9-5-4-8-20(22)21(24(26)27)15-18-7-3-6-10-23(18)28-16-17-11-13-19(25)14-12-17/h3-15H,2,16H2,1H3/b21-15-. The Labute approximate surface area is 173 Å². The maximum Gasteiger partial charge on any atom is 0.258 e. The topological polar surface area (TPSA) is 29.5 Å². The van der Waals surface area contributed by atoms with Gasteiger partial charge in [0.2, 0.25) is 0 Å². The van der Waals surface area contributed by atoms with Gasteiger partial charge in [-0.15, -0.1) is 0 Å². The fraction of sp³-hybridized carbons (Fsp3) is 0.125. The van der Waals surface area contributed by atoms with Crippen LogP contribution in [0.2, 0.25) is 0 Å². The van der Waals surface area contributed by atoms with Gasteiger partial charge in [-0.3, -0.25) is 4.79 Å². The Kier molecular flexibility index (Phi) is 5.31. The number of ether oxygens (including phenoxy) is 1. The molecular formula is C24H20BrNO2. The van der Waals surface area contributed by atoms with Crippen LogP contribution in [0.25, 0.3) is 11.6 Å². The van der Waals surface area contributed by atoms with E-state index in [0.29, 0.717) is 18.7 Å². The Balaban J connectivity index is 1.65. The zero-order valence-corrected chi connectivity index (χ0v) is 17.1. The second kappa shape index (κ2) is 8.03. The number of likely N-dealkylation sites (N-methyl/N-ethyl adjacent to an activating group) is 1. The van der Waals surface area contributed by atoms with Gasteiger partial charge >= 0.3 is 0 Å². The predicted molar refractivity (Wildman–Crippen MR) is 117 cm³/mol. The molecule has 0 spiro atoms. The minimum Gasteiger partial charge on any atom is -0.488 e. The first-order valence-electron chi connectivity index (χ1n) is 9.26. The van der Waals surface area contributed by atoms with Crippen molar-refractivity contribution >= 4 is 39.2 Å². The Hall–Kier alpha value is -2.85. The highest BCUT2D eigenvalue weighted by molar-refractivity contribution is 9.10. The summed E-state index contributed by atoms with van der Waals surface area (Å²) in [6.07, 6.45) is 1.94. The van der Waals surface area contributed by atoms with Gasteiger partial charge in [-0.05, 0) is 42.8 Å². The fourth-order valence-corrected chi connectivity index (χ4v) is 3.65. The van der Waals surface area contributed by atoms with Gasteiger partial charge in [0.15, 0.2) is 0 Å². The van der Waals surface area contributed by atoms with E-state index in [1.807, 2.05) is 90.7 Å². The molecule has 4 rings (SSSR count). The summed E-state index contributed by atoms with van der Waals surface area (Å²) in [6, 6.07) is 23.8. The van der Waals surface area contributed by atoms with Crippen molar-refractivity contribution in [2.24, 2.45) is 0 Å². The number of anilines is 1. The van der Waals surface area contributed by atoms with E-state index in [-0.39, 0.29) is 5.91 Å². The molecule has 0 bridgehead atoms. The van der Waals surface area contributed by atoms with Gasteiger partial charge in [0, 0.05) is 27.7 Å². The molecule has 0 N–H and O–H groups in total. The quantitative estimate of drug-likeness (QED) is 0.466. The number of rotatable bonds is 5. The number of fused-ring (bicyclic) bond motifs is 1. The molecule has 3 aromatic rings. The summed E-state index contributed by atoms with van der Waals surface area (Å²) in [7, 11) is 0. The van der Waals surface area contributed by atoms with Crippen molar-refractivity contribution in [2.45, 2.75) is 13.5 Å². The first-order valence-corrected chi connectivity index (χ1v) is 10.1. The summed E-state index contributed by atoms with van der Waals surface area (Å²) in [5.74, 6) is 0.796. The normalized spacial score (nSPS) is 14.4. The van der Waals surface area contributed by atoms with E-state index in [1.165, 1.54) is 0 Å². The predicted octanol–water partition coefficient (Wildman–Crippen LogP) is 5.94. The number of benzene rings is 3. The number of nitrogens with zero attached hydrogens (tertiary/aromatic N) is 1. The monoisotopic (exact) mass is 433 g/mol.